The standard InChI is InChI=1S/C19H19FN4O2/c1-23(2)15-10-6-14(7-11-15)21-19(25)18-17(26-3)12-24(22-18)16-8-4-13(20)5-9-16/h4-12H,1-3H3,(H,21,25). The van der Waals surface area contributed by atoms with E-state index in [9.17, 15) is 9.18 Å². The molecule has 0 saturated carbocycles. The predicted octanol–water partition coefficient (Wildman–Crippen LogP) is 3.34. The first-order valence-electron chi connectivity index (χ1n) is 7.96. The molecule has 1 N–H and O–H groups in total. The summed E-state index contributed by atoms with van der Waals surface area (Å²) in [4.78, 5) is 14.5. The van der Waals surface area contributed by atoms with Crippen molar-refractivity contribution in [3.8, 4) is 11.4 Å². The van der Waals surface area contributed by atoms with Crippen LogP contribution >= 0.6 is 0 Å². The van der Waals surface area contributed by atoms with Crippen molar-refractivity contribution in [3.05, 3.63) is 66.2 Å². The third-order valence-corrected chi connectivity index (χ3v) is 3.85. The van der Waals surface area contributed by atoms with Crippen LogP contribution < -0.4 is 15.0 Å². The van der Waals surface area contributed by atoms with Gasteiger partial charge in [-0.1, -0.05) is 0 Å². The number of anilines is 2. The summed E-state index contributed by atoms with van der Waals surface area (Å²) < 4.78 is 19.8. The lowest BCUT2D eigenvalue weighted by atomic mass is 10.2. The maximum Gasteiger partial charge on any atom is 0.280 e. The average Bonchev–Trinajstić information content (AvgIpc) is 3.07. The normalized spacial score (nSPS) is 10.5. The number of nitrogens with zero attached hydrogens (tertiary/aromatic N) is 3. The summed E-state index contributed by atoms with van der Waals surface area (Å²) in [7, 11) is 5.36. The van der Waals surface area contributed by atoms with Crippen molar-refractivity contribution in [3.63, 3.8) is 0 Å². The number of carbonyl (C=O) groups excluding carboxylic acids is 1. The van der Waals surface area contributed by atoms with Gasteiger partial charge in [0.2, 0.25) is 0 Å². The van der Waals surface area contributed by atoms with E-state index >= 15 is 0 Å². The first-order valence-corrected chi connectivity index (χ1v) is 7.96. The molecule has 1 aromatic heterocycles. The fourth-order valence-electron chi connectivity index (χ4n) is 2.42. The van der Waals surface area contributed by atoms with E-state index in [0.717, 1.165) is 5.69 Å². The first-order chi connectivity index (χ1) is 12.5. The summed E-state index contributed by atoms with van der Waals surface area (Å²) in [6.07, 6.45) is 1.58. The van der Waals surface area contributed by atoms with Crippen LogP contribution in [0.25, 0.3) is 5.69 Å². The van der Waals surface area contributed by atoms with E-state index in [1.807, 2.05) is 43.3 Å². The molecule has 1 amide bonds. The number of nitrogens with one attached hydrogen (secondary N) is 1. The van der Waals surface area contributed by atoms with E-state index in [1.54, 1.807) is 18.3 Å². The second kappa shape index (κ2) is 7.26. The highest BCUT2D eigenvalue weighted by atomic mass is 19.1. The predicted molar refractivity (Wildman–Crippen MR) is 98.8 cm³/mol. The second-order valence-electron chi connectivity index (χ2n) is 5.86. The van der Waals surface area contributed by atoms with Crippen LogP contribution in [0.5, 0.6) is 5.75 Å². The molecule has 0 bridgehead atoms. The van der Waals surface area contributed by atoms with Crippen LogP contribution in [0.4, 0.5) is 15.8 Å². The van der Waals surface area contributed by atoms with Crippen LogP contribution in [0.3, 0.4) is 0 Å². The van der Waals surface area contributed by atoms with Crippen molar-refractivity contribution in [1.82, 2.24) is 9.78 Å². The molecule has 0 fully saturated rings. The van der Waals surface area contributed by atoms with Crippen molar-refractivity contribution in [1.29, 1.82) is 0 Å². The molecule has 1 heterocycles. The molecular weight excluding hydrogens is 335 g/mol. The summed E-state index contributed by atoms with van der Waals surface area (Å²) >= 11 is 0. The van der Waals surface area contributed by atoms with Crippen LogP contribution in [0.2, 0.25) is 0 Å². The molecule has 0 radical (unpaired) electrons. The van der Waals surface area contributed by atoms with Gasteiger partial charge in [-0.15, -0.1) is 0 Å². The van der Waals surface area contributed by atoms with Crippen LogP contribution in [0.15, 0.2) is 54.7 Å². The molecule has 0 atom stereocenters. The summed E-state index contributed by atoms with van der Waals surface area (Å²) in [6, 6.07) is 13.2. The highest BCUT2D eigenvalue weighted by Gasteiger charge is 2.18. The summed E-state index contributed by atoms with van der Waals surface area (Å²) in [5.41, 5.74) is 2.45. The van der Waals surface area contributed by atoms with E-state index in [1.165, 1.54) is 23.9 Å². The largest absolute Gasteiger partial charge is 0.493 e. The second-order valence-corrected chi connectivity index (χ2v) is 5.86. The minimum absolute atomic E-state index is 0.147. The van der Waals surface area contributed by atoms with Crippen molar-refractivity contribution in [2.45, 2.75) is 0 Å². The number of halogens is 1. The third kappa shape index (κ3) is 3.66. The zero-order valence-electron chi connectivity index (χ0n) is 14.7. The number of ether oxygens (including phenoxy) is 1. The summed E-state index contributed by atoms with van der Waals surface area (Å²) in [6.45, 7) is 0. The van der Waals surface area contributed by atoms with Gasteiger partial charge in [0.1, 0.15) is 5.82 Å². The number of carbonyl (C=O) groups is 1. The van der Waals surface area contributed by atoms with Crippen molar-refractivity contribution in [2.24, 2.45) is 0 Å². The van der Waals surface area contributed by atoms with E-state index in [-0.39, 0.29) is 17.4 Å². The molecule has 0 aliphatic carbocycles. The Hall–Kier alpha value is -3.35. The van der Waals surface area contributed by atoms with E-state index in [4.69, 9.17) is 4.74 Å². The quantitative estimate of drug-likeness (QED) is 0.763. The molecule has 0 saturated heterocycles. The zero-order valence-corrected chi connectivity index (χ0v) is 14.7. The fourth-order valence-corrected chi connectivity index (χ4v) is 2.42. The van der Waals surface area contributed by atoms with Gasteiger partial charge in [-0.05, 0) is 48.5 Å². The van der Waals surface area contributed by atoms with Gasteiger partial charge in [-0.25, -0.2) is 9.07 Å². The number of benzene rings is 2. The molecule has 0 aliphatic heterocycles. The van der Waals surface area contributed by atoms with Crippen molar-refractivity contribution < 1.29 is 13.9 Å². The highest BCUT2D eigenvalue weighted by molar-refractivity contribution is 6.04. The molecule has 3 rings (SSSR count). The minimum Gasteiger partial charge on any atom is -0.493 e. The van der Waals surface area contributed by atoms with E-state index in [0.29, 0.717) is 17.1 Å². The lowest BCUT2D eigenvalue weighted by Gasteiger charge is -2.12. The molecule has 3 aromatic rings. The van der Waals surface area contributed by atoms with Crippen molar-refractivity contribution >= 4 is 17.3 Å². The van der Waals surface area contributed by atoms with Gasteiger partial charge < -0.3 is 15.0 Å². The molecule has 0 spiro atoms. The summed E-state index contributed by atoms with van der Waals surface area (Å²) in [5, 5.41) is 7.07. The Labute approximate surface area is 150 Å². The molecule has 7 heteroatoms. The Morgan fingerprint density at radius 3 is 2.35 bits per heavy atom. The van der Waals surface area contributed by atoms with Gasteiger partial charge in [-0.2, -0.15) is 5.10 Å². The number of methoxy groups -OCH3 is 1. The zero-order chi connectivity index (χ0) is 18.7. The molecule has 0 aliphatic rings. The topological polar surface area (TPSA) is 59.4 Å². The molecule has 6 nitrogen and oxygen atoms in total. The molecule has 0 unspecified atom stereocenters. The monoisotopic (exact) mass is 354 g/mol. The molecule has 26 heavy (non-hydrogen) atoms. The maximum atomic E-state index is 13.1. The number of rotatable bonds is 5. The number of hydrogen-bond donors (Lipinski definition) is 1. The minimum atomic E-state index is -0.389. The van der Waals surface area contributed by atoms with Crippen LogP contribution in [0.1, 0.15) is 10.5 Å². The Morgan fingerprint density at radius 2 is 1.77 bits per heavy atom. The maximum absolute atomic E-state index is 13.1. The van der Waals surface area contributed by atoms with Gasteiger partial charge >= 0.3 is 0 Å². The van der Waals surface area contributed by atoms with Crippen LogP contribution in [0, 0.1) is 5.82 Å². The Morgan fingerprint density at radius 1 is 1.12 bits per heavy atom. The number of amides is 1. The fraction of sp³-hybridized carbons (Fsp3) is 0.158. The van der Waals surface area contributed by atoms with E-state index in [2.05, 4.69) is 10.4 Å². The van der Waals surface area contributed by atoms with Gasteiger partial charge in [-0.3, -0.25) is 4.79 Å². The van der Waals surface area contributed by atoms with Crippen LogP contribution in [-0.4, -0.2) is 36.9 Å². The number of hydrogen-bond acceptors (Lipinski definition) is 4. The van der Waals surface area contributed by atoms with Gasteiger partial charge in [0.25, 0.3) is 5.91 Å². The lowest BCUT2D eigenvalue weighted by Crippen LogP contribution is -2.14. The first kappa shape index (κ1) is 17.5. The van der Waals surface area contributed by atoms with Gasteiger partial charge in [0, 0.05) is 25.5 Å². The molecule has 134 valence electrons. The highest BCUT2D eigenvalue weighted by Crippen LogP contribution is 2.22. The Balaban J connectivity index is 1.83. The number of aromatic nitrogens is 2. The van der Waals surface area contributed by atoms with Crippen LogP contribution in [-0.2, 0) is 0 Å². The van der Waals surface area contributed by atoms with Gasteiger partial charge in [0.15, 0.2) is 11.4 Å². The summed E-state index contributed by atoms with van der Waals surface area (Å²) in [5.74, 6) is -0.399. The van der Waals surface area contributed by atoms with E-state index < -0.39 is 0 Å². The van der Waals surface area contributed by atoms with Gasteiger partial charge in [0.05, 0.1) is 19.0 Å². The van der Waals surface area contributed by atoms with Crippen molar-refractivity contribution in [2.75, 3.05) is 31.4 Å². The lowest BCUT2D eigenvalue weighted by molar-refractivity contribution is 0.101. The molecule has 2 aromatic carbocycles. The SMILES string of the molecule is COc1cn(-c2ccc(F)cc2)nc1C(=O)Nc1ccc(N(C)C)cc1. The Kier molecular flexibility index (Phi) is 4.88. The molecular formula is C19H19FN4O2. The smallest absolute Gasteiger partial charge is 0.280 e. The Bertz CT molecular complexity index is 902. The average molecular weight is 354 g/mol. The third-order valence-electron chi connectivity index (χ3n) is 3.85.